The summed E-state index contributed by atoms with van der Waals surface area (Å²) in [6, 6.07) is 12.0. The van der Waals surface area contributed by atoms with Gasteiger partial charge in [0.1, 0.15) is 0 Å². The van der Waals surface area contributed by atoms with Crippen molar-refractivity contribution in [2.24, 2.45) is 0 Å². The molecule has 0 aliphatic carbocycles. The zero-order valence-corrected chi connectivity index (χ0v) is 10.9. The molecule has 0 bridgehead atoms. The molecular weight excluding hydrogens is 292 g/mol. The van der Waals surface area contributed by atoms with Crippen LogP contribution in [0.15, 0.2) is 40.9 Å². The molecule has 0 saturated carbocycles. The van der Waals surface area contributed by atoms with Crippen LogP contribution in [0, 0.1) is 0 Å². The third kappa shape index (κ3) is 2.94. The quantitative estimate of drug-likeness (QED) is 0.702. The van der Waals surface area contributed by atoms with Gasteiger partial charge in [0.15, 0.2) is 0 Å². The second-order valence-electron chi connectivity index (χ2n) is 3.00. The van der Waals surface area contributed by atoms with Crippen LogP contribution in [0.2, 0.25) is 4.34 Å². The molecular formula is C12H8BrClS. The maximum absolute atomic E-state index is 5.85. The minimum atomic E-state index is 0.821. The normalized spacial score (nSPS) is 11.1. The Bertz CT molecular complexity index is 488. The van der Waals surface area contributed by atoms with E-state index in [4.69, 9.17) is 11.6 Å². The Balaban J connectivity index is 2.22. The van der Waals surface area contributed by atoms with Gasteiger partial charge in [0.25, 0.3) is 0 Å². The van der Waals surface area contributed by atoms with E-state index in [-0.39, 0.29) is 0 Å². The van der Waals surface area contributed by atoms with Crippen LogP contribution in [0.3, 0.4) is 0 Å². The van der Waals surface area contributed by atoms with Crippen molar-refractivity contribution in [1.29, 1.82) is 0 Å². The summed E-state index contributed by atoms with van der Waals surface area (Å²) in [7, 11) is 0. The number of hydrogen-bond donors (Lipinski definition) is 0. The van der Waals surface area contributed by atoms with Gasteiger partial charge in [-0.25, -0.2) is 0 Å². The maximum atomic E-state index is 5.85. The van der Waals surface area contributed by atoms with Crippen LogP contribution >= 0.6 is 38.9 Å². The van der Waals surface area contributed by atoms with Crippen LogP contribution in [-0.2, 0) is 0 Å². The standard InChI is InChI=1S/C12H8BrClS/c13-11-4-2-1-3-9(11)5-6-10-7-8-12(14)15-10/h1-8H/b6-5-. The lowest BCUT2D eigenvalue weighted by Gasteiger charge is -1.95. The minimum Gasteiger partial charge on any atom is -0.124 e. The number of hydrogen-bond acceptors (Lipinski definition) is 1. The first-order chi connectivity index (χ1) is 7.25. The first kappa shape index (κ1) is 10.9. The van der Waals surface area contributed by atoms with Gasteiger partial charge in [0, 0.05) is 9.35 Å². The van der Waals surface area contributed by atoms with E-state index in [1.165, 1.54) is 5.56 Å². The first-order valence-electron chi connectivity index (χ1n) is 4.43. The number of thiophene rings is 1. The highest BCUT2D eigenvalue weighted by atomic mass is 79.9. The van der Waals surface area contributed by atoms with Gasteiger partial charge in [-0.2, -0.15) is 0 Å². The van der Waals surface area contributed by atoms with Gasteiger partial charge in [-0.3, -0.25) is 0 Å². The summed E-state index contributed by atoms with van der Waals surface area (Å²) >= 11 is 10.9. The highest BCUT2D eigenvalue weighted by Gasteiger charge is 1.95. The Morgan fingerprint density at radius 3 is 2.53 bits per heavy atom. The lowest BCUT2D eigenvalue weighted by Crippen LogP contribution is -1.72. The number of halogens is 2. The SMILES string of the molecule is Clc1ccc(/C=C\c2ccccc2Br)s1. The van der Waals surface area contributed by atoms with Gasteiger partial charge in [-0.15, -0.1) is 11.3 Å². The van der Waals surface area contributed by atoms with Gasteiger partial charge >= 0.3 is 0 Å². The summed E-state index contributed by atoms with van der Waals surface area (Å²) < 4.78 is 1.92. The van der Waals surface area contributed by atoms with Crippen LogP contribution in [0.5, 0.6) is 0 Å². The Morgan fingerprint density at radius 1 is 1.07 bits per heavy atom. The first-order valence-corrected chi connectivity index (χ1v) is 6.42. The molecule has 15 heavy (non-hydrogen) atoms. The van der Waals surface area contributed by atoms with E-state index in [1.54, 1.807) is 11.3 Å². The Morgan fingerprint density at radius 2 is 1.87 bits per heavy atom. The molecule has 0 spiro atoms. The third-order valence-electron chi connectivity index (χ3n) is 1.93. The highest BCUT2D eigenvalue weighted by molar-refractivity contribution is 9.10. The van der Waals surface area contributed by atoms with Crippen LogP contribution in [-0.4, -0.2) is 0 Å². The molecule has 0 aliphatic rings. The molecule has 0 unspecified atom stereocenters. The van der Waals surface area contributed by atoms with Gasteiger partial charge in [0.2, 0.25) is 0 Å². The summed E-state index contributed by atoms with van der Waals surface area (Å²) in [5, 5.41) is 0. The van der Waals surface area contributed by atoms with E-state index in [2.05, 4.69) is 34.1 Å². The second-order valence-corrected chi connectivity index (χ2v) is 5.60. The average Bonchev–Trinajstić information content (AvgIpc) is 2.63. The molecule has 76 valence electrons. The minimum absolute atomic E-state index is 0.821. The van der Waals surface area contributed by atoms with Crippen molar-refractivity contribution in [3.05, 3.63) is 55.6 Å². The highest BCUT2D eigenvalue weighted by Crippen LogP contribution is 2.24. The molecule has 0 fully saturated rings. The van der Waals surface area contributed by atoms with Crippen molar-refractivity contribution in [3.8, 4) is 0 Å². The summed E-state index contributed by atoms with van der Waals surface area (Å²) in [5.74, 6) is 0. The number of rotatable bonds is 2. The second kappa shape index (κ2) is 4.97. The van der Waals surface area contributed by atoms with Crippen LogP contribution < -0.4 is 0 Å². The van der Waals surface area contributed by atoms with Crippen molar-refractivity contribution in [2.75, 3.05) is 0 Å². The van der Waals surface area contributed by atoms with Gasteiger partial charge in [0.05, 0.1) is 4.34 Å². The summed E-state index contributed by atoms with van der Waals surface area (Å²) in [6.45, 7) is 0. The van der Waals surface area contributed by atoms with E-state index in [0.29, 0.717) is 0 Å². The van der Waals surface area contributed by atoms with Crippen LogP contribution in [0.4, 0.5) is 0 Å². The predicted molar refractivity (Wildman–Crippen MR) is 72.4 cm³/mol. The van der Waals surface area contributed by atoms with Crippen LogP contribution in [0.25, 0.3) is 12.2 Å². The zero-order valence-electron chi connectivity index (χ0n) is 7.78. The maximum Gasteiger partial charge on any atom is 0.0934 e. The third-order valence-corrected chi connectivity index (χ3v) is 3.84. The molecule has 0 aliphatic heterocycles. The summed E-state index contributed by atoms with van der Waals surface area (Å²) in [6.07, 6.45) is 4.14. The van der Waals surface area contributed by atoms with Crippen molar-refractivity contribution in [2.45, 2.75) is 0 Å². The molecule has 2 aromatic rings. The molecule has 0 amide bonds. The molecule has 1 aromatic heterocycles. The van der Waals surface area contributed by atoms with E-state index in [1.807, 2.05) is 30.3 Å². The molecule has 0 nitrogen and oxygen atoms in total. The fraction of sp³-hybridized carbons (Fsp3) is 0. The lowest BCUT2D eigenvalue weighted by molar-refractivity contribution is 1.61. The Kier molecular flexibility index (Phi) is 3.62. The van der Waals surface area contributed by atoms with Gasteiger partial charge < -0.3 is 0 Å². The summed E-state index contributed by atoms with van der Waals surface area (Å²) in [4.78, 5) is 1.16. The molecule has 1 heterocycles. The summed E-state index contributed by atoms with van der Waals surface area (Å²) in [5.41, 5.74) is 1.17. The van der Waals surface area contributed by atoms with Gasteiger partial charge in [-0.05, 0) is 29.8 Å². The van der Waals surface area contributed by atoms with E-state index in [0.717, 1.165) is 13.7 Å². The van der Waals surface area contributed by atoms with Crippen molar-refractivity contribution in [3.63, 3.8) is 0 Å². The average molecular weight is 300 g/mol. The fourth-order valence-electron chi connectivity index (χ4n) is 1.20. The lowest BCUT2D eigenvalue weighted by atomic mass is 10.2. The molecule has 1 aromatic carbocycles. The number of benzene rings is 1. The monoisotopic (exact) mass is 298 g/mol. The van der Waals surface area contributed by atoms with Crippen molar-refractivity contribution in [1.82, 2.24) is 0 Å². The topological polar surface area (TPSA) is 0 Å². The van der Waals surface area contributed by atoms with Gasteiger partial charge in [-0.1, -0.05) is 51.8 Å². The molecule has 2 rings (SSSR count). The fourth-order valence-corrected chi connectivity index (χ4v) is 2.58. The zero-order chi connectivity index (χ0) is 10.7. The molecule has 0 atom stereocenters. The molecule has 0 saturated heterocycles. The smallest absolute Gasteiger partial charge is 0.0934 e. The van der Waals surface area contributed by atoms with E-state index >= 15 is 0 Å². The Hall–Kier alpha value is -0.570. The Labute approximate surface area is 106 Å². The van der Waals surface area contributed by atoms with Crippen molar-refractivity contribution >= 4 is 51.0 Å². The van der Waals surface area contributed by atoms with E-state index in [9.17, 15) is 0 Å². The van der Waals surface area contributed by atoms with Crippen LogP contribution in [0.1, 0.15) is 10.4 Å². The molecule has 0 radical (unpaired) electrons. The molecule has 3 heteroatoms. The molecule has 0 N–H and O–H groups in total. The van der Waals surface area contributed by atoms with Crippen molar-refractivity contribution < 1.29 is 0 Å². The predicted octanol–water partition coefficient (Wildman–Crippen LogP) is 5.33. The largest absolute Gasteiger partial charge is 0.124 e. The van der Waals surface area contributed by atoms with E-state index < -0.39 is 0 Å².